The van der Waals surface area contributed by atoms with Crippen molar-refractivity contribution < 1.29 is 48.6 Å². The fourth-order valence-electron chi connectivity index (χ4n) is 7.93. The highest BCUT2D eigenvalue weighted by molar-refractivity contribution is 8.77. The molecule has 23 nitrogen and oxygen atoms in total. The van der Waals surface area contributed by atoms with E-state index in [1.54, 1.807) is 63.4 Å². The second-order valence-corrected chi connectivity index (χ2v) is 20.2. The van der Waals surface area contributed by atoms with Gasteiger partial charge in [-0.3, -0.25) is 38.6 Å². The molecule has 8 atom stereocenters. The maximum atomic E-state index is 14.6. The van der Waals surface area contributed by atoms with Crippen LogP contribution in [0.3, 0.4) is 0 Å². The maximum Gasteiger partial charge on any atom is 0.326 e. The Bertz CT molecular complexity index is 2340. The molecule has 2 bridgehead atoms. The summed E-state index contributed by atoms with van der Waals surface area (Å²) in [5, 5.41) is 38.7. The molecule has 3 aromatic rings. The molecule has 0 radical (unpaired) electrons. The van der Waals surface area contributed by atoms with Gasteiger partial charge < -0.3 is 68.8 Å². The number of hydrogen-bond donors (Lipinski definition) is 12. The molecule has 25 heteroatoms. The number of amides is 7. The zero-order valence-corrected chi connectivity index (χ0v) is 41.2. The summed E-state index contributed by atoms with van der Waals surface area (Å²) in [5.74, 6) is -6.63. The van der Waals surface area contributed by atoms with Gasteiger partial charge in [0, 0.05) is 55.2 Å². The first-order valence-corrected chi connectivity index (χ1v) is 25.4. The second-order valence-electron chi connectivity index (χ2n) is 17.5. The van der Waals surface area contributed by atoms with Gasteiger partial charge in [-0.1, -0.05) is 77.9 Å². The summed E-state index contributed by atoms with van der Waals surface area (Å²) in [7, 11) is 4.11. The highest BCUT2D eigenvalue weighted by Gasteiger charge is 2.45. The smallest absolute Gasteiger partial charge is 0.326 e. The van der Waals surface area contributed by atoms with Crippen LogP contribution >= 0.6 is 21.6 Å². The van der Waals surface area contributed by atoms with Crippen LogP contribution in [0.2, 0.25) is 0 Å². The Kier molecular flexibility index (Phi) is 20.9. The lowest BCUT2D eigenvalue weighted by molar-refractivity contribution is -0.145. The number of nitrogens with two attached hydrogens (primary N) is 2. The number of likely N-dealkylation sites (N-methyl/N-ethyl adjacent to an activating group) is 1. The molecule has 0 saturated carbocycles. The number of fused-ring (bicyclic) bond motifs is 2. The molecule has 2 aliphatic heterocycles. The van der Waals surface area contributed by atoms with E-state index in [2.05, 4.69) is 52.2 Å². The van der Waals surface area contributed by atoms with Crippen LogP contribution in [0.5, 0.6) is 5.75 Å². The Morgan fingerprint density at radius 3 is 2.25 bits per heavy atom. The standard InChI is InChI=1S/C46H63N13O10S2/c1-25(2)38(58-39(62)31(53-37(61)21-49-3)10-7-15-51-46(47)48)43(66)54-32(16-27-11-13-29(60)14-12-27)40(63)57-35-23-70-71-30-19-36(42(65)56-34(45(68)69)17-26-8-5-4-6-9-26)59(22-30)44(67)33(55-41(35)64)18-28-20-50-24-52-28/h4-6,8-9,11-14,20,24-25,30-36,38,49,60H,7,10,15-19,21-23H2,1-3H3,(H,50,52)(H,53,61)(H,54,66)(H,55,64)(H,56,65)(H,57,63)(H,58,62)(H,68,69)(H4,47,48,51)/t30-,31+,32+,33-,34+,35-,36+,38+/m1/s1. The predicted octanol–water partition coefficient (Wildman–Crippen LogP) is -1.57. The van der Waals surface area contributed by atoms with Crippen LogP contribution in [0, 0.1) is 5.92 Å². The molecule has 2 saturated heterocycles. The minimum absolute atomic E-state index is 0.0129. The summed E-state index contributed by atoms with van der Waals surface area (Å²) < 4.78 is 0. The summed E-state index contributed by atoms with van der Waals surface area (Å²) in [4.78, 5) is 122. The van der Waals surface area contributed by atoms with E-state index in [-0.39, 0.29) is 74.5 Å². The number of guanidine groups is 1. The number of benzene rings is 2. The van der Waals surface area contributed by atoms with Crippen molar-refractivity contribution in [3.63, 3.8) is 0 Å². The third-order valence-electron chi connectivity index (χ3n) is 11.6. The Labute approximate surface area is 418 Å². The van der Waals surface area contributed by atoms with E-state index in [0.717, 1.165) is 0 Å². The number of nitrogens with zero attached hydrogens (tertiary/aromatic N) is 3. The molecule has 2 aromatic carbocycles. The summed E-state index contributed by atoms with van der Waals surface area (Å²) in [6.07, 6.45) is 3.31. The number of aliphatic carboxylic acids is 1. The van der Waals surface area contributed by atoms with E-state index >= 15 is 0 Å². The number of imidazole rings is 1. The van der Waals surface area contributed by atoms with E-state index < -0.39 is 95.5 Å². The van der Waals surface area contributed by atoms with Crippen molar-refractivity contribution in [2.45, 2.75) is 99.9 Å². The molecule has 14 N–H and O–H groups in total. The van der Waals surface area contributed by atoms with E-state index in [1.807, 2.05) is 0 Å². The second kappa shape index (κ2) is 26.9. The number of phenolic OH excluding ortho intramolecular Hbond substituents is 1. The van der Waals surface area contributed by atoms with Gasteiger partial charge in [0.15, 0.2) is 5.96 Å². The lowest BCUT2D eigenvalue weighted by Crippen LogP contribution is -2.61. The number of carbonyl (C=O) groups excluding carboxylic acids is 7. The first-order valence-electron chi connectivity index (χ1n) is 23.0. The summed E-state index contributed by atoms with van der Waals surface area (Å²) >= 11 is 0. The van der Waals surface area contributed by atoms with Crippen molar-refractivity contribution in [2.75, 3.05) is 32.4 Å². The number of carboxylic acids is 1. The highest BCUT2D eigenvalue weighted by Crippen LogP contribution is 2.37. The van der Waals surface area contributed by atoms with Gasteiger partial charge in [0.1, 0.15) is 48.0 Å². The minimum Gasteiger partial charge on any atom is -0.508 e. The topological polar surface area (TPSA) is 358 Å². The molecule has 2 aliphatic rings. The van der Waals surface area contributed by atoms with E-state index in [1.165, 1.54) is 51.1 Å². The number of rotatable bonds is 23. The van der Waals surface area contributed by atoms with Crippen molar-refractivity contribution in [3.05, 3.63) is 83.9 Å². The van der Waals surface area contributed by atoms with Gasteiger partial charge in [0.25, 0.3) is 0 Å². The molecular weight excluding hydrogens is 959 g/mol. The highest BCUT2D eigenvalue weighted by atomic mass is 33.1. The molecule has 0 aliphatic carbocycles. The molecule has 0 unspecified atom stereocenters. The fourth-order valence-corrected chi connectivity index (χ4v) is 10.7. The molecule has 71 heavy (non-hydrogen) atoms. The number of carboxylic acid groups (broad SMARTS) is 1. The van der Waals surface area contributed by atoms with Crippen molar-refractivity contribution in [1.82, 2.24) is 52.1 Å². The number of nitrogens with one attached hydrogen (secondary N) is 8. The first kappa shape index (κ1) is 55.1. The quantitative estimate of drug-likeness (QED) is 0.0221. The minimum atomic E-state index is -1.35. The molecule has 3 heterocycles. The lowest BCUT2D eigenvalue weighted by Gasteiger charge is -2.30. The number of phenols is 1. The fraction of sp³-hybridized carbons (Fsp3) is 0.478. The summed E-state index contributed by atoms with van der Waals surface area (Å²) in [5.41, 5.74) is 12.6. The van der Waals surface area contributed by atoms with Gasteiger partial charge in [0.05, 0.1) is 12.9 Å². The van der Waals surface area contributed by atoms with Crippen LogP contribution in [0.4, 0.5) is 0 Å². The van der Waals surface area contributed by atoms with E-state index in [0.29, 0.717) is 23.2 Å². The van der Waals surface area contributed by atoms with Crippen molar-refractivity contribution in [3.8, 4) is 5.75 Å². The van der Waals surface area contributed by atoms with Gasteiger partial charge in [-0.2, -0.15) is 0 Å². The monoisotopic (exact) mass is 1020 g/mol. The van der Waals surface area contributed by atoms with Gasteiger partial charge >= 0.3 is 5.97 Å². The normalized spacial score (nSPS) is 19.7. The Balaban J connectivity index is 1.36. The third kappa shape index (κ3) is 16.9. The van der Waals surface area contributed by atoms with Gasteiger partial charge in [-0.25, -0.2) is 9.78 Å². The van der Waals surface area contributed by atoms with Crippen LogP contribution in [0.15, 0.2) is 72.1 Å². The Hall–Kier alpha value is -6.86. The molecule has 7 amide bonds. The predicted molar refractivity (Wildman–Crippen MR) is 266 cm³/mol. The largest absolute Gasteiger partial charge is 0.508 e. The average molecular weight is 1020 g/mol. The molecular formula is C46H63N13O10S2. The lowest BCUT2D eigenvalue weighted by atomic mass is 10.00. The summed E-state index contributed by atoms with van der Waals surface area (Å²) in [6, 6.07) is 6.25. The number of aromatic amines is 1. The van der Waals surface area contributed by atoms with Crippen molar-refractivity contribution in [1.29, 1.82) is 0 Å². The SMILES string of the molecule is CNCC(=O)N[C@@H](CCCN=C(N)N)C(=O)N[C@H](C(=O)N[C@@H](Cc1ccc(O)cc1)C(=O)N[C@@H]1CSS[C@@H]2C[C@@H](C(=O)N[C@@H](Cc3ccccc3)C(=O)O)N(C2)C(=O)[C@@H](Cc2cnc[nH]2)NC1=O)C(C)C. The summed E-state index contributed by atoms with van der Waals surface area (Å²) in [6.45, 7) is 3.58. The number of aliphatic imine (C=N–C) groups is 1. The average Bonchev–Trinajstić information content (AvgIpc) is 4.01. The van der Waals surface area contributed by atoms with E-state index in [4.69, 9.17) is 11.5 Å². The zero-order valence-electron chi connectivity index (χ0n) is 39.6. The number of aromatic nitrogens is 2. The van der Waals surface area contributed by atoms with Crippen molar-refractivity contribution >= 4 is 74.9 Å². The Morgan fingerprint density at radius 1 is 0.901 bits per heavy atom. The first-order chi connectivity index (χ1) is 33.9. The van der Waals surface area contributed by atoms with Crippen LogP contribution in [-0.4, -0.2) is 158 Å². The maximum absolute atomic E-state index is 14.6. The number of H-pyrrole nitrogens is 1. The Morgan fingerprint density at radius 2 is 1.61 bits per heavy atom. The van der Waals surface area contributed by atoms with Crippen LogP contribution in [0.1, 0.15) is 49.9 Å². The van der Waals surface area contributed by atoms with Gasteiger partial charge in [-0.15, -0.1) is 0 Å². The number of hydrogen-bond acceptors (Lipinski definition) is 14. The van der Waals surface area contributed by atoms with Gasteiger partial charge in [-0.05, 0) is 55.5 Å². The zero-order chi connectivity index (χ0) is 51.6. The molecule has 2 fully saturated rings. The number of aromatic hydroxyl groups is 1. The van der Waals surface area contributed by atoms with Gasteiger partial charge in [0.2, 0.25) is 41.4 Å². The van der Waals surface area contributed by atoms with E-state index in [9.17, 15) is 48.6 Å². The molecule has 384 valence electrons. The number of carbonyl (C=O) groups is 8. The third-order valence-corrected chi connectivity index (χ3v) is 14.5. The van der Waals surface area contributed by atoms with Crippen LogP contribution in [-0.2, 0) is 57.6 Å². The van der Waals surface area contributed by atoms with Crippen LogP contribution < -0.4 is 48.7 Å². The molecule has 0 spiro atoms. The molecule has 5 rings (SSSR count). The van der Waals surface area contributed by atoms with Crippen LogP contribution in [0.25, 0.3) is 0 Å². The van der Waals surface area contributed by atoms with Crippen molar-refractivity contribution in [2.24, 2.45) is 22.4 Å². The molecule has 1 aromatic heterocycles.